The number of allylic oxidation sites excluding steroid dienone is 1. The third kappa shape index (κ3) is 5.89. The van der Waals surface area contributed by atoms with Crippen molar-refractivity contribution in [3.05, 3.63) is 33.4 Å². The number of hydrogen-bond acceptors (Lipinski definition) is 8. The van der Waals surface area contributed by atoms with Gasteiger partial charge in [-0.25, -0.2) is 9.48 Å². The van der Waals surface area contributed by atoms with Crippen LogP contribution in [-0.4, -0.2) is 46.8 Å². The Hall–Kier alpha value is -2.20. The van der Waals surface area contributed by atoms with Crippen molar-refractivity contribution < 1.29 is 19.0 Å². The quantitative estimate of drug-likeness (QED) is 0.195. The molecule has 0 amide bonds. The van der Waals surface area contributed by atoms with Crippen LogP contribution in [0.2, 0.25) is 0 Å². The van der Waals surface area contributed by atoms with E-state index in [0.29, 0.717) is 47.1 Å². The molecule has 2 aromatic rings. The highest BCUT2D eigenvalue weighted by Gasteiger charge is 2.36. The van der Waals surface area contributed by atoms with E-state index in [0.717, 1.165) is 41.5 Å². The smallest absolute Gasteiger partial charge is 0.338 e. The zero-order valence-electron chi connectivity index (χ0n) is 20.4. The lowest BCUT2D eigenvalue weighted by Crippen LogP contribution is -2.30. The molecule has 0 spiro atoms. The number of anilines is 1. The number of nitrogens with zero attached hydrogens (tertiary/aromatic N) is 3. The van der Waals surface area contributed by atoms with Crippen molar-refractivity contribution in [2.75, 3.05) is 31.4 Å². The van der Waals surface area contributed by atoms with E-state index in [2.05, 4.69) is 40.1 Å². The average Bonchev–Trinajstić information content (AvgIpc) is 3.20. The van der Waals surface area contributed by atoms with Crippen molar-refractivity contribution >= 4 is 39.6 Å². The minimum atomic E-state index is -0.528. The molecular weight excluding hydrogens is 520 g/mol. The van der Waals surface area contributed by atoms with Gasteiger partial charge in [0.2, 0.25) is 11.1 Å². The molecule has 0 radical (unpaired) electrons. The zero-order chi connectivity index (χ0) is 24.7. The number of esters is 1. The van der Waals surface area contributed by atoms with Gasteiger partial charge in [-0.3, -0.25) is 0 Å². The number of aromatic nitrogens is 3. The average molecular weight is 554 g/mol. The van der Waals surface area contributed by atoms with E-state index in [1.165, 1.54) is 0 Å². The summed E-state index contributed by atoms with van der Waals surface area (Å²) in [5, 5.41) is 8.70. The molecule has 1 aliphatic heterocycles. The SMILES string of the molecule is CCCCOC(=O)C1=C(C)Nc2nc(SCCCC)nn2C1c1cc(Br)c(OC)c(OCC)c1. The molecule has 0 saturated carbocycles. The molecule has 0 saturated heterocycles. The van der Waals surface area contributed by atoms with Crippen LogP contribution in [0.1, 0.15) is 65.0 Å². The fraction of sp³-hybridized carbons (Fsp3) is 0.542. The first-order chi connectivity index (χ1) is 16.4. The minimum Gasteiger partial charge on any atom is -0.492 e. The van der Waals surface area contributed by atoms with E-state index in [4.69, 9.17) is 19.3 Å². The number of unbranched alkanes of at least 4 members (excludes halogenated alkanes) is 2. The largest absolute Gasteiger partial charge is 0.492 e. The summed E-state index contributed by atoms with van der Waals surface area (Å²) >= 11 is 5.22. The number of carbonyl (C=O) groups is 1. The molecular formula is C24H33BrN4O4S. The maximum atomic E-state index is 13.3. The third-order valence-corrected chi connectivity index (χ3v) is 6.88. The summed E-state index contributed by atoms with van der Waals surface area (Å²) in [7, 11) is 1.60. The van der Waals surface area contributed by atoms with Gasteiger partial charge in [-0.15, -0.1) is 5.10 Å². The van der Waals surface area contributed by atoms with Crippen molar-refractivity contribution in [1.82, 2.24) is 14.8 Å². The minimum absolute atomic E-state index is 0.366. The van der Waals surface area contributed by atoms with Gasteiger partial charge in [-0.05, 0) is 60.3 Å². The fourth-order valence-corrected chi connectivity index (χ4v) is 5.20. The van der Waals surface area contributed by atoms with Crippen molar-refractivity contribution in [3.8, 4) is 11.5 Å². The molecule has 8 nitrogen and oxygen atoms in total. The maximum Gasteiger partial charge on any atom is 0.338 e. The topological polar surface area (TPSA) is 87.5 Å². The highest BCUT2D eigenvalue weighted by molar-refractivity contribution is 9.10. The number of carbonyl (C=O) groups excluding carboxylic acids is 1. The second kappa shape index (κ2) is 12.5. The molecule has 34 heavy (non-hydrogen) atoms. The van der Waals surface area contributed by atoms with Gasteiger partial charge in [-0.1, -0.05) is 38.5 Å². The lowest BCUT2D eigenvalue weighted by Gasteiger charge is -2.28. The summed E-state index contributed by atoms with van der Waals surface area (Å²) in [5.41, 5.74) is 2.01. The van der Waals surface area contributed by atoms with Crippen molar-refractivity contribution in [3.63, 3.8) is 0 Å². The van der Waals surface area contributed by atoms with Crippen LogP contribution in [0.3, 0.4) is 0 Å². The van der Waals surface area contributed by atoms with Crippen LogP contribution in [0.15, 0.2) is 33.0 Å². The Morgan fingerprint density at radius 1 is 1.24 bits per heavy atom. The van der Waals surface area contributed by atoms with Gasteiger partial charge >= 0.3 is 5.97 Å². The summed E-state index contributed by atoms with van der Waals surface area (Å²) < 4.78 is 19.5. The van der Waals surface area contributed by atoms with Crippen LogP contribution in [0.4, 0.5) is 5.95 Å². The fourth-order valence-electron chi connectivity index (χ4n) is 3.67. The van der Waals surface area contributed by atoms with Crippen LogP contribution in [-0.2, 0) is 9.53 Å². The molecule has 186 valence electrons. The van der Waals surface area contributed by atoms with Gasteiger partial charge in [0.15, 0.2) is 11.5 Å². The summed E-state index contributed by atoms with van der Waals surface area (Å²) in [6.07, 6.45) is 3.95. The Kier molecular flexibility index (Phi) is 9.70. The number of thioether (sulfide) groups is 1. The number of rotatable bonds is 12. The molecule has 1 aromatic carbocycles. The number of benzene rings is 1. The van der Waals surface area contributed by atoms with E-state index in [9.17, 15) is 4.79 Å². The van der Waals surface area contributed by atoms with Gasteiger partial charge in [0.1, 0.15) is 6.04 Å². The van der Waals surface area contributed by atoms with Crippen LogP contribution < -0.4 is 14.8 Å². The monoisotopic (exact) mass is 552 g/mol. The molecule has 2 heterocycles. The second-order valence-corrected chi connectivity index (χ2v) is 9.80. The molecule has 0 bridgehead atoms. The van der Waals surface area contributed by atoms with Gasteiger partial charge in [0, 0.05) is 11.4 Å². The first-order valence-corrected chi connectivity index (χ1v) is 13.5. The summed E-state index contributed by atoms with van der Waals surface area (Å²) in [6, 6.07) is 3.30. The molecule has 1 N–H and O–H groups in total. The lowest BCUT2D eigenvalue weighted by atomic mass is 9.95. The Labute approximate surface area is 214 Å². The van der Waals surface area contributed by atoms with Crippen LogP contribution in [0.5, 0.6) is 11.5 Å². The van der Waals surface area contributed by atoms with Gasteiger partial charge in [-0.2, -0.15) is 4.98 Å². The second-order valence-electron chi connectivity index (χ2n) is 7.89. The predicted octanol–water partition coefficient (Wildman–Crippen LogP) is 5.97. The van der Waals surface area contributed by atoms with Crippen molar-refractivity contribution in [1.29, 1.82) is 0 Å². The van der Waals surface area contributed by atoms with E-state index in [1.807, 2.05) is 26.0 Å². The zero-order valence-corrected chi connectivity index (χ0v) is 22.8. The molecule has 1 unspecified atom stereocenters. The molecule has 0 fully saturated rings. The van der Waals surface area contributed by atoms with Gasteiger partial charge in [0.25, 0.3) is 0 Å². The number of ether oxygens (including phenoxy) is 3. The van der Waals surface area contributed by atoms with Crippen molar-refractivity contribution in [2.24, 2.45) is 0 Å². The summed E-state index contributed by atoms with van der Waals surface area (Å²) in [4.78, 5) is 17.9. The van der Waals surface area contributed by atoms with E-state index in [1.54, 1.807) is 23.6 Å². The Balaban J connectivity index is 2.10. The predicted molar refractivity (Wildman–Crippen MR) is 138 cm³/mol. The van der Waals surface area contributed by atoms with Crippen LogP contribution >= 0.6 is 27.7 Å². The van der Waals surface area contributed by atoms with Crippen LogP contribution in [0, 0.1) is 0 Å². The maximum absolute atomic E-state index is 13.3. The van der Waals surface area contributed by atoms with Crippen LogP contribution in [0.25, 0.3) is 0 Å². The van der Waals surface area contributed by atoms with E-state index < -0.39 is 6.04 Å². The highest BCUT2D eigenvalue weighted by atomic mass is 79.9. The normalized spacial score (nSPS) is 15.1. The molecule has 1 aromatic heterocycles. The Morgan fingerprint density at radius 2 is 2.00 bits per heavy atom. The number of nitrogens with one attached hydrogen (secondary N) is 1. The van der Waals surface area contributed by atoms with Crippen molar-refractivity contribution in [2.45, 2.75) is 64.6 Å². The summed E-state index contributed by atoms with van der Waals surface area (Å²) in [5.74, 6) is 2.35. The first-order valence-electron chi connectivity index (χ1n) is 11.7. The first kappa shape index (κ1) is 26.4. The number of hydrogen-bond donors (Lipinski definition) is 1. The molecule has 1 atom stereocenters. The standard InChI is InChI=1S/C24H33BrN4O4S/c1-6-9-11-33-22(30)19-15(4)26-23-27-24(34-12-10-7-2)28-29(23)20(19)16-13-17(25)21(31-5)18(14-16)32-8-3/h13-14,20H,6-12H2,1-5H3,(H,26,27,28). The molecule has 10 heteroatoms. The Morgan fingerprint density at radius 3 is 2.68 bits per heavy atom. The highest BCUT2D eigenvalue weighted by Crippen LogP contribution is 2.43. The summed E-state index contributed by atoms with van der Waals surface area (Å²) in [6.45, 7) is 8.86. The number of halogens is 1. The number of methoxy groups -OCH3 is 1. The molecule has 0 aliphatic carbocycles. The Bertz CT molecular complexity index is 1040. The molecule has 3 rings (SSSR count). The lowest BCUT2D eigenvalue weighted by molar-refractivity contribution is -0.139. The molecule has 1 aliphatic rings. The van der Waals surface area contributed by atoms with E-state index in [-0.39, 0.29) is 5.97 Å². The van der Waals surface area contributed by atoms with Gasteiger partial charge < -0.3 is 19.5 Å². The number of fused-ring (bicyclic) bond motifs is 1. The van der Waals surface area contributed by atoms with Gasteiger partial charge in [0.05, 0.1) is 30.4 Å². The van der Waals surface area contributed by atoms with E-state index >= 15 is 0 Å². The third-order valence-electron chi connectivity index (χ3n) is 5.36.